The summed E-state index contributed by atoms with van der Waals surface area (Å²) in [6.07, 6.45) is 2.46. The minimum absolute atomic E-state index is 0.138. The van der Waals surface area contributed by atoms with Gasteiger partial charge in [-0.15, -0.1) is 0 Å². The minimum Gasteiger partial charge on any atom is -0.372 e. The molecular weight excluding hydrogens is 329 g/mol. The Bertz CT molecular complexity index is 724. The lowest BCUT2D eigenvalue weighted by Gasteiger charge is -2.32. The molecule has 0 aliphatic carbocycles. The first-order chi connectivity index (χ1) is 12.6. The monoisotopic (exact) mass is 355 g/mol. The molecule has 1 aliphatic rings. The van der Waals surface area contributed by atoms with Gasteiger partial charge in [0.15, 0.2) is 0 Å². The Morgan fingerprint density at radius 1 is 1.12 bits per heavy atom. The third-order valence-electron chi connectivity index (χ3n) is 4.86. The van der Waals surface area contributed by atoms with E-state index >= 15 is 0 Å². The van der Waals surface area contributed by atoms with E-state index in [4.69, 9.17) is 0 Å². The lowest BCUT2D eigenvalue weighted by Crippen LogP contribution is -2.32. The van der Waals surface area contributed by atoms with Crippen LogP contribution >= 0.6 is 0 Å². The zero-order chi connectivity index (χ0) is 18.4. The quantitative estimate of drug-likeness (QED) is 0.829. The van der Waals surface area contributed by atoms with Crippen LogP contribution in [0.4, 0.5) is 15.8 Å². The van der Waals surface area contributed by atoms with Crippen LogP contribution in [-0.2, 0) is 11.3 Å². The van der Waals surface area contributed by atoms with Crippen molar-refractivity contribution in [2.45, 2.75) is 26.3 Å². The number of nitrogens with one attached hydrogen (secondary N) is 2. The summed E-state index contributed by atoms with van der Waals surface area (Å²) in [5.74, 6) is 0.408. The molecule has 5 heteroatoms. The third-order valence-corrected chi connectivity index (χ3v) is 4.86. The van der Waals surface area contributed by atoms with Crippen molar-refractivity contribution in [1.29, 1.82) is 0 Å². The lowest BCUT2D eigenvalue weighted by atomic mass is 9.99. The van der Waals surface area contributed by atoms with Crippen LogP contribution in [0.1, 0.15) is 25.3 Å². The Hall–Kier alpha value is -2.40. The van der Waals surface area contributed by atoms with Crippen LogP contribution in [0.15, 0.2) is 48.5 Å². The largest absolute Gasteiger partial charge is 0.372 e. The molecule has 0 bridgehead atoms. The predicted molar refractivity (Wildman–Crippen MR) is 104 cm³/mol. The second-order valence-electron chi connectivity index (χ2n) is 6.96. The van der Waals surface area contributed by atoms with Gasteiger partial charge in [0.25, 0.3) is 0 Å². The highest BCUT2D eigenvalue weighted by Gasteiger charge is 2.15. The minimum atomic E-state index is -0.261. The number of carbonyl (C=O) groups is 1. The van der Waals surface area contributed by atoms with E-state index in [1.165, 1.54) is 24.6 Å². The van der Waals surface area contributed by atoms with Crippen LogP contribution in [0.25, 0.3) is 0 Å². The molecule has 1 saturated heterocycles. The van der Waals surface area contributed by atoms with Gasteiger partial charge in [-0.25, -0.2) is 4.39 Å². The number of piperidine rings is 1. The number of halogens is 1. The number of benzene rings is 2. The Kier molecular flexibility index (Phi) is 6.23. The van der Waals surface area contributed by atoms with E-state index in [-0.39, 0.29) is 18.3 Å². The highest BCUT2D eigenvalue weighted by Crippen LogP contribution is 2.24. The van der Waals surface area contributed by atoms with Gasteiger partial charge in [0.1, 0.15) is 5.82 Å². The van der Waals surface area contributed by atoms with Crippen LogP contribution < -0.4 is 15.5 Å². The van der Waals surface area contributed by atoms with Crippen LogP contribution in [0, 0.1) is 11.7 Å². The Morgan fingerprint density at radius 3 is 2.50 bits per heavy atom. The normalized spacial score (nSPS) is 15.1. The molecule has 26 heavy (non-hydrogen) atoms. The topological polar surface area (TPSA) is 44.4 Å². The van der Waals surface area contributed by atoms with Gasteiger partial charge in [-0.05, 0) is 49.1 Å². The standard InChI is InChI=1S/C21H26FN3O/c1-16-10-12-25(13-11-16)19-8-6-18(7-9-19)24-21(26)15-23-14-17-4-2-3-5-20(17)22/h2-9,16,23H,10-15H2,1H3,(H,24,26). The fourth-order valence-electron chi connectivity index (χ4n) is 3.18. The highest BCUT2D eigenvalue weighted by atomic mass is 19.1. The van der Waals surface area contributed by atoms with Crippen molar-refractivity contribution in [3.05, 3.63) is 59.9 Å². The number of hydrogen-bond acceptors (Lipinski definition) is 3. The summed E-state index contributed by atoms with van der Waals surface area (Å²) in [5.41, 5.74) is 2.53. The van der Waals surface area contributed by atoms with Gasteiger partial charge in [-0.1, -0.05) is 25.1 Å². The van der Waals surface area contributed by atoms with Crippen LogP contribution in [0.2, 0.25) is 0 Å². The predicted octanol–water partition coefficient (Wildman–Crippen LogP) is 3.79. The maximum atomic E-state index is 13.5. The number of hydrogen-bond donors (Lipinski definition) is 2. The number of carbonyl (C=O) groups excluding carboxylic acids is 1. The number of nitrogens with zero attached hydrogens (tertiary/aromatic N) is 1. The molecule has 138 valence electrons. The fourth-order valence-corrected chi connectivity index (χ4v) is 3.18. The summed E-state index contributed by atoms with van der Waals surface area (Å²) < 4.78 is 13.5. The molecule has 2 aromatic carbocycles. The van der Waals surface area contributed by atoms with E-state index in [1.807, 2.05) is 12.1 Å². The number of anilines is 2. The molecule has 1 heterocycles. The summed E-state index contributed by atoms with van der Waals surface area (Å²) in [4.78, 5) is 14.4. The third kappa shape index (κ3) is 5.05. The van der Waals surface area contributed by atoms with Gasteiger partial charge in [-0.2, -0.15) is 0 Å². The van der Waals surface area contributed by atoms with Gasteiger partial charge in [-0.3, -0.25) is 4.79 Å². The number of amides is 1. The van der Waals surface area contributed by atoms with Crippen LogP contribution in [0.5, 0.6) is 0 Å². The lowest BCUT2D eigenvalue weighted by molar-refractivity contribution is -0.115. The van der Waals surface area contributed by atoms with Crippen molar-refractivity contribution in [2.75, 3.05) is 29.9 Å². The van der Waals surface area contributed by atoms with E-state index in [0.29, 0.717) is 12.1 Å². The van der Waals surface area contributed by atoms with Crippen LogP contribution in [0.3, 0.4) is 0 Å². The van der Waals surface area contributed by atoms with Crippen LogP contribution in [-0.4, -0.2) is 25.5 Å². The molecule has 0 unspecified atom stereocenters. The van der Waals surface area contributed by atoms with Gasteiger partial charge >= 0.3 is 0 Å². The summed E-state index contributed by atoms with van der Waals surface area (Å²) in [6, 6.07) is 14.5. The maximum Gasteiger partial charge on any atom is 0.238 e. The summed E-state index contributed by atoms with van der Waals surface area (Å²) in [6.45, 7) is 4.95. The van der Waals surface area contributed by atoms with E-state index in [0.717, 1.165) is 24.7 Å². The summed E-state index contributed by atoms with van der Waals surface area (Å²) in [7, 11) is 0. The van der Waals surface area contributed by atoms with Crippen molar-refractivity contribution >= 4 is 17.3 Å². The molecule has 1 amide bonds. The van der Waals surface area contributed by atoms with Crippen molar-refractivity contribution in [2.24, 2.45) is 5.92 Å². The molecule has 4 nitrogen and oxygen atoms in total. The van der Waals surface area contributed by atoms with Gasteiger partial charge < -0.3 is 15.5 Å². The average Bonchev–Trinajstić information content (AvgIpc) is 2.65. The first-order valence-electron chi connectivity index (χ1n) is 9.21. The molecule has 3 rings (SSSR count). The van der Waals surface area contributed by atoms with Gasteiger partial charge in [0.2, 0.25) is 5.91 Å². The first kappa shape index (κ1) is 18.4. The van der Waals surface area contributed by atoms with E-state index in [2.05, 4.69) is 34.6 Å². The zero-order valence-electron chi connectivity index (χ0n) is 15.2. The van der Waals surface area contributed by atoms with E-state index < -0.39 is 0 Å². The average molecular weight is 355 g/mol. The second kappa shape index (κ2) is 8.81. The molecule has 2 aromatic rings. The molecule has 0 radical (unpaired) electrons. The van der Waals surface area contributed by atoms with Gasteiger partial charge in [0, 0.05) is 36.6 Å². The smallest absolute Gasteiger partial charge is 0.238 e. The zero-order valence-corrected chi connectivity index (χ0v) is 15.2. The number of rotatable bonds is 6. The maximum absolute atomic E-state index is 13.5. The van der Waals surface area contributed by atoms with E-state index in [9.17, 15) is 9.18 Å². The SMILES string of the molecule is CC1CCN(c2ccc(NC(=O)CNCc3ccccc3F)cc2)CC1. The Labute approximate surface area is 154 Å². The molecule has 1 fully saturated rings. The van der Waals surface area contributed by atoms with E-state index in [1.54, 1.807) is 18.2 Å². The fraction of sp³-hybridized carbons (Fsp3) is 0.381. The second-order valence-corrected chi connectivity index (χ2v) is 6.96. The van der Waals surface area contributed by atoms with Crippen molar-refractivity contribution in [1.82, 2.24) is 5.32 Å². The molecule has 2 N–H and O–H groups in total. The molecule has 1 aliphatic heterocycles. The first-order valence-corrected chi connectivity index (χ1v) is 9.21. The Morgan fingerprint density at radius 2 is 1.81 bits per heavy atom. The van der Waals surface area contributed by atoms with Gasteiger partial charge in [0.05, 0.1) is 6.54 Å². The molecule has 0 saturated carbocycles. The summed E-state index contributed by atoms with van der Waals surface area (Å²) in [5, 5.41) is 5.84. The highest BCUT2D eigenvalue weighted by molar-refractivity contribution is 5.92. The van der Waals surface area contributed by atoms with Crippen molar-refractivity contribution in [3.63, 3.8) is 0 Å². The summed E-state index contributed by atoms with van der Waals surface area (Å²) >= 11 is 0. The molecule has 0 aromatic heterocycles. The Balaban J connectivity index is 1.45. The molecular formula is C21H26FN3O. The van der Waals surface area contributed by atoms with Crippen molar-refractivity contribution < 1.29 is 9.18 Å². The molecule has 0 spiro atoms. The van der Waals surface area contributed by atoms with Crippen molar-refractivity contribution in [3.8, 4) is 0 Å². The molecule has 0 atom stereocenters.